The van der Waals surface area contributed by atoms with Gasteiger partial charge in [0.25, 0.3) is 10.0 Å². The van der Waals surface area contributed by atoms with Gasteiger partial charge in [-0.05, 0) is 72.5 Å². The molecular weight excluding hydrogens is 697 g/mol. The van der Waals surface area contributed by atoms with Crippen LogP contribution in [0.4, 0.5) is 5.69 Å². The lowest BCUT2D eigenvalue weighted by Gasteiger charge is -2.35. The minimum atomic E-state index is -4.37. The highest BCUT2D eigenvalue weighted by Crippen LogP contribution is 2.33. The second-order valence-electron chi connectivity index (χ2n) is 12.2. The molecule has 2 amide bonds. The molecule has 0 aliphatic heterocycles. The van der Waals surface area contributed by atoms with E-state index in [1.807, 2.05) is 30.3 Å². The summed E-state index contributed by atoms with van der Waals surface area (Å²) in [7, 11) is -1.50. The van der Waals surface area contributed by atoms with Crippen molar-refractivity contribution in [1.82, 2.24) is 10.2 Å². The molecule has 1 aliphatic carbocycles. The highest BCUT2D eigenvalue weighted by molar-refractivity contribution is 7.92. The second kappa shape index (κ2) is 17.1. The zero-order chi connectivity index (χ0) is 35.7. The summed E-state index contributed by atoms with van der Waals surface area (Å²) in [5.74, 6) is -0.299. The van der Waals surface area contributed by atoms with Crippen molar-refractivity contribution in [2.45, 2.75) is 62.0 Å². The fraction of sp³-hybridized carbons (Fsp3) is 0.316. The smallest absolute Gasteiger partial charge is 0.264 e. The van der Waals surface area contributed by atoms with Gasteiger partial charge in [-0.2, -0.15) is 0 Å². The molecule has 0 saturated heterocycles. The number of rotatable bonds is 14. The Morgan fingerprint density at radius 2 is 1.42 bits per heavy atom. The van der Waals surface area contributed by atoms with Gasteiger partial charge in [-0.15, -0.1) is 0 Å². The Morgan fingerprint density at radius 1 is 0.800 bits per heavy atom. The van der Waals surface area contributed by atoms with Gasteiger partial charge in [0.15, 0.2) is 11.5 Å². The molecule has 12 heteroatoms. The highest BCUT2D eigenvalue weighted by atomic mass is 35.5. The number of methoxy groups -OCH3 is 2. The lowest BCUT2D eigenvalue weighted by atomic mass is 9.94. The number of hydrogen-bond donors (Lipinski definition) is 1. The van der Waals surface area contributed by atoms with E-state index in [1.165, 1.54) is 49.5 Å². The molecule has 1 fully saturated rings. The fourth-order valence-corrected chi connectivity index (χ4v) is 7.81. The predicted octanol–water partition coefficient (Wildman–Crippen LogP) is 7.29. The van der Waals surface area contributed by atoms with Crippen molar-refractivity contribution in [3.8, 4) is 11.5 Å². The quantitative estimate of drug-likeness (QED) is 0.146. The van der Waals surface area contributed by atoms with Gasteiger partial charge in [-0.3, -0.25) is 13.9 Å². The average Bonchev–Trinajstić information content (AvgIpc) is 3.13. The first-order valence-electron chi connectivity index (χ1n) is 16.5. The molecule has 4 aromatic carbocycles. The molecule has 5 rings (SSSR count). The molecule has 1 saturated carbocycles. The van der Waals surface area contributed by atoms with E-state index in [0.29, 0.717) is 15.8 Å². The Labute approximate surface area is 304 Å². The number of amides is 2. The Bertz CT molecular complexity index is 1850. The first-order chi connectivity index (χ1) is 24.1. The van der Waals surface area contributed by atoms with Crippen LogP contribution in [0.15, 0.2) is 102 Å². The van der Waals surface area contributed by atoms with E-state index in [9.17, 15) is 18.0 Å². The Balaban J connectivity index is 1.57. The van der Waals surface area contributed by atoms with Crippen LogP contribution in [0.25, 0.3) is 0 Å². The lowest BCUT2D eigenvalue weighted by Crippen LogP contribution is -2.55. The SMILES string of the molecule is COc1ccc(S(=O)(=O)N(CC(=O)N(Cc2ccc(Cl)cc2)C(Cc2ccccc2)C(=O)NC2CCCCC2)c2ccc(Cl)cc2)cc1OC. The van der Waals surface area contributed by atoms with Gasteiger partial charge >= 0.3 is 0 Å². The molecule has 1 aliphatic rings. The summed E-state index contributed by atoms with van der Waals surface area (Å²) >= 11 is 12.4. The Morgan fingerprint density at radius 3 is 2.04 bits per heavy atom. The third-order valence-electron chi connectivity index (χ3n) is 8.83. The van der Waals surface area contributed by atoms with Crippen LogP contribution < -0.4 is 19.1 Å². The molecule has 0 heterocycles. The lowest BCUT2D eigenvalue weighted by molar-refractivity contribution is -0.140. The topological polar surface area (TPSA) is 105 Å². The predicted molar refractivity (Wildman–Crippen MR) is 196 cm³/mol. The number of anilines is 1. The molecule has 264 valence electrons. The van der Waals surface area contributed by atoms with Crippen molar-refractivity contribution in [2.75, 3.05) is 25.1 Å². The van der Waals surface area contributed by atoms with E-state index < -0.39 is 28.5 Å². The summed E-state index contributed by atoms with van der Waals surface area (Å²) in [5.41, 5.74) is 1.81. The molecule has 1 unspecified atom stereocenters. The van der Waals surface area contributed by atoms with Crippen molar-refractivity contribution in [3.63, 3.8) is 0 Å². The number of halogens is 2. The standard InChI is InChI=1S/C38H41Cl2N3O6S/c1-48-35-22-21-33(24-36(35)49-2)50(46,47)43(32-19-17-30(40)18-20-32)26-37(44)42(25-28-13-15-29(39)16-14-28)34(23-27-9-5-3-6-10-27)38(45)41-31-11-7-4-8-12-31/h3,5-6,9-10,13-22,24,31,34H,4,7-8,11-12,23,25-26H2,1-2H3,(H,41,45). The summed E-state index contributed by atoms with van der Waals surface area (Å²) < 4.78 is 40.6. The maximum absolute atomic E-state index is 14.7. The van der Waals surface area contributed by atoms with Gasteiger partial charge in [0.05, 0.1) is 24.8 Å². The number of hydrogen-bond acceptors (Lipinski definition) is 6. The van der Waals surface area contributed by atoms with Gasteiger partial charge in [0, 0.05) is 35.1 Å². The molecule has 0 radical (unpaired) electrons. The maximum Gasteiger partial charge on any atom is 0.264 e. The van der Waals surface area contributed by atoms with Crippen LogP contribution in [0.3, 0.4) is 0 Å². The van der Waals surface area contributed by atoms with E-state index >= 15 is 0 Å². The van der Waals surface area contributed by atoms with E-state index in [0.717, 1.165) is 47.5 Å². The molecule has 4 aromatic rings. The molecule has 50 heavy (non-hydrogen) atoms. The monoisotopic (exact) mass is 737 g/mol. The van der Waals surface area contributed by atoms with E-state index in [-0.39, 0.29) is 41.2 Å². The average molecular weight is 739 g/mol. The normalized spacial score (nSPS) is 14.0. The number of carbonyl (C=O) groups is 2. The van der Waals surface area contributed by atoms with Gasteiger partial charge in [-0.25, -0.2) is 8.42 Å². The third-order valence-corrected chi connectivity index (χ3v) is 11.1. The van der Waals surface area contributed by atoms with E-state index in [4.69, 9.17) is 32.7 Å². The van der Waals surface area contributed by atoms with Crippen molar-refractivity contribution in [2.24, 2.45) is 0 Å². The third kappa shape index (κ3) is 9.29. The minimum Gasteiger partial charge on any atom is -0.493 e. The summed E-state index contributed by atoms with van der Waals surface area (Å²) in [4.78, 5) is 30.3. The number of nitrogens with one attached hydrogen (secondary N) is 1. The summed E-state index contributed by atoms with van der Waals surface area (Å²) in [5, 5.41) is 4.14. The maximum atomic E-state index is 14.7. The van der Waals surface area contributed by atoms with Gasteiger partial charge < -0.3 is 19.7 Å². The largest absolute Gasteiger partial charge is 0.493 e. The zero-order valence-electron chi connectivity index (χ0n) is 28.1. The van der Waals surface area contributed by atoms with Crippen molar-refractivity contribution in [3.05, 3.63) is 118 Å². The van der Waals surface area contributed by atoms with Crippen LogP contribution >= 0.6 is 23.2 Å². The van der Waals surface area contributed by atoms with Crippen LogP contribution in [0.5, 0.6) is 11.5 Å². The molecule has 1 atom stereocenters. The Kier molecular flexibility index (Phi) is 12.7. The molecule has 1 N–H and O–H groups in total. The van der Waals surface area contributed by atoms with Crippen molar-refractivity contribution in [1.29, 1.82) is 0 Å². The Hall–Kier alpha value is -4.25. The number of sulfonamides is 1. The van der Waals surface area contributed by atoms with Gasteiger partial charge in [-0.1, -0.05) is 84.9 Å². The molecule has 0 spiro atoms. The summed E-state index contributed by atoms with van der Waals surface area (Å²) in [6.07, 6.45) is 5.11. The molecule has 9 nitrogen and oxygen atoms in total. The minimum absolute atomic E-state index is 0.00185. The van der Waals surface area contributed by atoms with Gasteiger partial charge in [0.1, 0.15) is 12.6 Å². The van der Waals surface area contributed by atoms with Crippen LogP contribution in [0, 0.1) is 0 Å². The first kappa shape index (κ1) is 37.0. The number of nitrogens with zero attached hydrogens (tertiary/aromatic N) is 2. The van der Waals surface area contributed by atoms with Crippen LogP contribution in [0.1, 0.15) is 43.2 Å². The molecule has 0 aromatic heterocycles. The van der Waals surface area contributed by atoms with E-state index in [2.05, 4.69) is 5.32 Å². The summed E-state index contributed by atoms with van der Waals surface area (Å²) in [6.45, 7) is -0.565. The van der Waals surface area contributed by atoms with Crippen LogP contribution in [-0.4, -0.2) is 58.0 Å². The first-order valence-corrected chi connectivity index (χ1v) is 18.7. The summed E-state index contributed by atoms with van der Waals surface area (Å²) in [6, 6.07) is 26.0. The van der Waals surface area contributed by atoms with Crippen molar-refractivity contribution >= 4 is 50.7 Å². The van der Waals surface area contributed by atoms with Crippen molar-refractivity contribution < 1.29 is 27.5 Å². The molecular formula is C38H41Cl2N3O6S. The molecule has 0 bridgehead atoms. The number of carbonyl (C=O) groups excluding carboxylic acids is 2. The zero-order valence-corrected chi connectivity index (χ0v) is 30.4. The number of ether oxygens (including phenoxy) is 2. The van der Waals surface area contributed by atoms with E-state index in [1.54, 1.807) is 36.4 Å². The number of benzene rings is 4. The fourth-order valence-electron chi connectivity index (χ4n) is 6.13. The van der Waals surface area contributed by atoms with Crippen LogP contribution in [-0.2, 0) is 32.6 Å². The van der Waals surface area contributed by atoms with Crippen LogP contribution in [0.2, 0.25) is 10.0 Å². The van der Waals surface area contributed by atoms with Gasteiger partial charge in [0.2, 0.25) is 11.8 Å². The second-order valence-corrected chi connectivity index (χ2v) is 14.9. The highest BCUT2D eigenvalue weighted by Gasteiger charge is 2.35.